The highest BCUT2D eigenvalue weighted by Crippen LogP contribution is 2.23. The van der Waals surface area contributed by atoms with Gasteiger partial charge in [0.2, 0.25) is 0 Å². The Hall–Kier alpha value is -3.09. The van der Waals surface area contributed by atoms with Gasteiger partial charge in [-0.15, -0.1) is 0 Å². The van der Waals surface area contributed by atoms with Crippen molar-refractivity contribution in [3.05, 3.63) is 63.7 Å². The van der Waals surface area contributed by atoms with Crippen molar-refractivity contribution in [2.75, 3.05) is 0 Å². The smallest absolute Gasteiger partial charge is 0.260 e. The molecule has 0 N–H and O–H groups in total. The van der Waals surface area contributed by atoms with Gasteiger partial charge >= 0.3 is 0 Å². The first-order valence-electron chi connectivity index (χ1n) is 8.15. The van der Waals surface area contributed by atoms with Crippen molar-refractivity contribution in [2.24, 2.45) is 7.05 Å². The molecule has 0 saturated carbocycles. The average molecular weight is 335 g/mol. The fraction of sp³-hybridized carbons (Fsp3) is 0.278. The number of aryl methyl sites for hydroxylation is 2. The second-order valence-electron chi connectivity index (χ2n) is 6.17. The van der Waals surface area contributed by atoms with Crippen LogP contribution in [0.5, 0.6) is 0 Å². The van der Waals surface area contributed by atoms with Crippen LogP contribution in [0.4, 0.5) is 0 Å². The third kappa shape index (κ3) is 2.57. The van der Waals surface area contributed by atoms with Crippen LogP contribution in [0.15, 0.2) is 35.5 Å². The first-order valence-corrected chi connectivity index (χ1v) is 8.15. The molecule has 126 valence electrons. The Labute approximate surface area is 144 Å². The predicted molar refractivity (Wildman–Crippen MR) is 92.0 cm³/mol. The molecule has 0 radical (unpaired) electrons. The summed E-state index contributed by atoms with van der Waals surface area (Å²) in [7, 11) is 1.65. The first-order chi connectivity index (χ1) is 12.1. The van der Waals surface area contributed by atoms with E-state index in [9.17, 15) is 9.59 Å². The third-order valence-electron chi connectivity index (χ3n) is 4.47. The van der Waals surface area contributed by atoms with Gasteiger partial charge in [0.15, 0.2) is 0 Å². The van der Waals surface area contributed by atoms with Crippen LogP contribution in [0.25, 0.3) is 10.9 Å². The molecular formula is C18H17N5O2. The molecule has 7 nitrogen and oxygen atoms in total. The van der Waals surface area contributed by atoms with Crippen LogP contribution in [-0.2, 0) is 26.6 Å². The quantitative estimate of drug-likeness (QED) is 0.708. The van der Waals surface area contributed by atoms with Crippen LogP contribution in [0, 0.1) is 0 Å². The van der Waals surface area contributed by atoms with Crippen LogP contribution in [-0.4, -0.2) is 30.3 Å². The lowest BCUT2D eigenvalue weighted by molar-refractivity contribution is 0.0750. The lowest BCUT2D eigenvalue weighted by atomic mass is 10.1. The first kappa shape index (κ1) is 15.4. The summed E-state index contributed by atoms with van der Waals surface area (Å²) in [6.45, 7) is 2.98. The Morgan fingerprint density at radius 3 is 2.88 bits per heavy atom. The van der Waals surface area contributed by atoms with Crippen LogP contribution in [0.3, 0.4) is 0 Å². The van der Waals surface area contributed by atoms with Gasteiger partial charge in [0.1, 0.15) is 5.82 Å². The fourth-order valence-electron chi connectivity index (χ4n) is 3.03. The van der Waals surface area contributed by atoms with Crippen LogP contribution in [0.2, 0.25) is 0 Å². The van der Waals surface area contributed by atoms with Crippen LogP contribution < -0.4 is 5.56 Å². The van der Waals surface area contributed by atoms with Crippen molar-refractivity contribution >= 4 is 16.8 Å². The molecule has 0 aliphatic carbocycles. The zero-order chi connectivity index (χ0) is 17.6. The van der Waals surface area contributed by atoms with Gasteiger partial charge in [-0.2, -0.15) is 0 Å². The van der Waals surface area contributed by atoms with E-state index in [1.807, 2.05) is 6.92 Å². The Bertz CT molecular complexity index is 1060. The summed E-state index contributed by atoms with van der Waals surface area (Å²) in [5, 5.41) is 0.504. The highest BCUT2D eigenvalue weighted by atomic mass is 16.2. The highest BCUT2D eigenvalue weighted by molar-refractivity contribution is 5.97. The summed E-state index contributed by atoms with van der Waals surface area (Å²) < 4.78 is 1.42. The molecule has 4 rings (SSSR count). The maximum absolute atomic E-state index is 12.8. The van der Waals surface area contributed by atoms with E-state index in [4.69, 9.17) is 0 Å². The number of aromatic nitrogens is 4. The topological polar surface area (TPSA) is 81.0 Å². The number of fused-ring (bicyclic) bond motifs is 2. The number of carbonyl (C=O) groups is 1. The summed E-state index contributed by atoms with van der Waals surface area (Å²) in [6, 6.07) is 5.02. The molecule has 2 aromatic heterocycles. The average Bonchev–Trinajstić information content (AvgIpc) is 3.07. The lowest BCUT2D eigenvalue weighted by Gasteiger charge is -2.15. The number of hydrogen-bond donors (Lipinski definition) is 0. The van der Waals surface area contributed by atoms with E-state index in [-0.39, 0.29) is 11.5 Å². The third-order valence-corrected chi connectivity index (χ3v) is 4.47. The van der Waals surface area contributed by atoms with Gasteiger partial charge in [-0.05, 0) is 18.2 Å². The lowest BCUT2D eigenvalue weighted by Crippen LogP contribution is -2.25. The van der Waals surface area contributed by atoms with Gasteiger partial charge in [-0.1, -0.05) is 6.92 Å². The van der Waals surface area contributed by atoms with Crippen molar-refractivity contribution in [1.29, 1.82) is 0 Å². The summed E-state index contributed by atoms with van der Waals surface area (Å²) in [5.74, 6) is 0.694. The maximum Gasteiger partial charge on any atom is 0.260 e. The zero-order valence-corrected chi connectivity index (χ0v) is 14.1. The minimum absolute atomic E-state index is 0.0968. The zero-order valence-electron chi connectivity index (χ0n) is 14.1. The maximum atomic E-state index is 12.8. The molecule has 1 amide bonds. The number of amides is 1. The fourth-order valence-corrected chi connectivity index (χ4v) is 3.03. The summed E-state index contributed by atoms with van der Waals surface area (Å²) in [6.07, 6.45) is 4.04. The summed E-state index contributed by atoms with van der Waals surface area (Å²) in [5.41, 5.74) is 2.81. The van der Waals surface area contributed by atoms with Gasteiger partial charge < -0.3 is 9.47 Å². The second-order valence-corrected chi connectivity index (χ2v) is 6.17. The van der Waals surface area contributed by atoms with E-state index < -0.39 is 0 Å². The molecule has 1 aromatic carbocycles. The molecule has 25 heavy (non-hydrogen) atoms. The van der Waals surface area contributed by atoms with Crippen LogP contribution in [0.1, 0.15) is 34.4 Å². The SMILES string of the molecule is CCc1ncc2c(n1)CN(C(=O)c1ccc3c(=O)n(C)cnc3c1)C2. The number of rotatable bonds is 2. The van der Waals surface area contributed by atoms with Gasteiger partial charge in [0.05, 0.1) is 29.5 Å². The van der Waals surface area contributed by atoms with Gasteiger partial charge in [0.25, 0.3) is 11.5 Å². The molecule has 1 aliphatic rings. The minimum Gasteiger partial charge on any atom is -0.328 e. The second kappa shape index (κ2) is 5.77. The predicted octanol–water partition coefficient (Wildman–Crippen LogP) is 1.44. The van der Waals surface area contributed by atoms with Crippen molar-refractivity contribution in [2.45, 2.75) is 26.4 Å². The Morgan fingerprint density at radius 1 is 1.24 bits per heavy atom. The van der Waals surface area contributed by atoms with E-state index in [0.29, 0.717) is 29.6 Å². The molecule has 7 heteroatoms. The minimum atomic E-state index is -0.125. The number of nitrogens with zero attached hydrogens (tertiary/aromatic N) is 5. The van der Waals surface area contributed by atoms with E-state index in [0.717, 1.165) is 23.5 Å². The molecule has 0 fully saturated rings. The molecule has 0 unspecified atom stereocenters. The molecule has 3 heterocycles. The molecule has 0 saturated heterocycles. The normalized spacial score (nSPS) is 13.3. The standard InChI is InChI=1S/C18H17N5O2/c1-3-16-19-7-12-8-23(9-15(12)21-16)17(24)11-4-5-13-14(6-11)20-10-22(2)18(13)25/h4-7,10H,3,8-9H2,1-2H3. The van der Waals surface area contributed by atoms with E-state index in [2.05, 4.69) is 15.0 Å². The Kier molecular flexibility index (Phi) is 3.56. The van der Waals surface area contributed by atoms with Crippen LogP contribution >= 0.6 is 0 Å². The van der Waals surface area contributed by atoms with E-state index in [1.165, 1.54) is 10.9 Å². The number of hydrogen-bond acceptors (Lipinski definition) is 5. The van der Waals surface area contributed by atoms with Gasteiger partial charge in [-0.3, -0.25) is 9.59 Å². The Balaban J connectivity index is 1.65. The Morgan fingerprint density at radius 2 is 2.08 bits per heavy atom. The highest BCUT2D eigenvalue weighted by Gasteiger charge is 2.26. The van der Waals surface area contributed by atoms with Crippen molar-refractivity contribution < 1.29 is 4.79 Å². The largest absolute Gasteiger partial charge is 0.328 e. The molecule has 0 bridgehead atoms. The van der Waals surface area contributed by atoms with Gasteiger partial charge in [0, 0.05) is 37.3 Å². The summed E-state index contributed by atoms with van der Waals surface area (Å²) >= 11 is 0. The van der Waals surface area contributed by atoms with Crippen molar-refractivity contribution in [3.63, 3.8) is 0 Å². The molecular weight excluding hydrogens is 318 g/mol. The van der Waals surface area contributed by atoms with Crippen molar-refractivity contribution in [1.82, 2.24) is 24.4 Å². The van der Waals surface area contributed by atoms with E-state index >= 15 is 0 Å². The summed E-state index contributed by atoms with van der Waals surface area (Å²) in [4.78, 5) is 39.7. The molecule has 3 aromatic rings. The number of benzene rings is 1. The molecule has 1 aliphatic heterocycles. The van der Waals surface area contributed by atoms with Crippen molar-refractivity contribution in [3.8, 4) is 0 Å². The monoisotopic (exact) mass is 335 g/mol. The van der Waals surface area contributed by atoms with E-state index in [1.54, 1.807) is 36.3 Å². The molecule has 0 atom stereocenters. The molecule has 0 spiro atoms. The number of carbonyl (C=O) groups excluding carboxylic acids is 1. The van der Waals surface area contributed by atoms with Gasteiger partial charge in [-0.25, -0.2) is 15.0 Å².